The Morgan fingerprint density at radius 2 is 0.909 bits per heavy atom. The van der Waals surface area contributed by atoms with Gasteiger partial charge in [-0.05, 0) is 12.8 Å². The van der Waals surface area contributed by atoms with Crippen LogP contribution in [0.15, 0.2) is 0 Å². The van der Waals surface area contributed by atoms with Crippen molar-refractivity contribution in [2.24, 2.45) is 0 Å². The molecule has 1 amide bonds. The number of nitrogens with one attached hydrogen (secondary N) is 1. The van der Waals surface area contributed by atoms with E-state index in [4.69, 9.17) is 9.47 Å². The van der Waals surface area contributed by atoms with Crippen molar-refractivity contribution in [1.82, 2.24) is 5.32 Å². The second-order valence-electron chi connectivity index (χ2n) is 16.9. The van der Waals surface area contributed by atoms with Crippen molar-refractivity contribution in [1.29, 1.82) is 0 Å². The Bertz CT molecular complexity index is 832. The number of ether oxygens (including phenoxy) is 2. The van der Waals surface area contributed by atoms with Crippen molar-refractivity contribution in [2.75, 3.05) is 13.2 Å². The first-order valence-corrected chi connectivity index (χ1v) is 23.7. The summed E-state index contributed by atoms with van der Waals surface area (Å²) in [7, 11) is 0. The van der Waals surface area contributed by atoms with Gasteiger partial charge in [0, 0.05) is 6.42 Å². The molecule has 1 aliphatic rings. The summed E-state index contributed by atoms with van der Waals surface area (Å²) in [6, 6.07) is -0.711. The number of unbranched alkanes of at least 4 members (excludes halogenated alkanes) is 30. The molecule has 55 heavy (non-hydrogen) atoms. The lowest BCUT2D eigenvalue weighted by Crippen LogP contribution is -2.60. The third-order valence-corrected chi connectivity index (χ3v) is 11.7. The van der Waals surface area contributed by atoms with Crippen molar-refractivity contribution in [3.63, 3.8) is 0 Å². The summed E-state index contributed by atoms with van der Waals surface area (Å²) >= 11 is 0. The van der Waals surface area contributed by atoms with E-state index in [0.29, 0.717) is 12.8 Å². The largest absolute Gasteiger partial charge is 0.394 e. The molecule has 0 aromatic heterocycles. The van der Waals surface area contributed by atoms with Gasteiger partial charge in [0.25, 0.3) is 0 Å². The second kappa shape index (κ2) is 37.5. The highest BCUT2D eigenvalue weighted by molar-refractivity contribution is 5.76. The predicted molar refractivity (Wildman–Crippen MR) is 226 cm³/mol. The predicted octanol–water partition coefficient (Wildman–Crippen LogP) is 9.95. The smallest absolute Gasteiger partial charge is 0.220 e. The van der Waals surface area contributed by atoms with Crippen LogP contribution >= 0.6 is 0 Å². The number of hydrogen-bond donors (Lipinski definition) is 6. The quantitative estimate of drug-likeness (QED) is 0.0337. The summed E-state index contributed by atoms with van der Waals surface area (Å²) in [6.45, 7) is 3.85. The molecule has 0 radical (unpaired) electrons. The average Bonchev–Trinajstić information content (AvgIpc) is 3.18. The number of aliphatic hydroxyl groups is 5. The van der Waals surface area contributed by atoms with Crippen LogP contribution in [0.2, 0.25) is 0 Å². The molecule has 2 unspecified atom stereocenters. The van der Waals surface area contributed by atoms with Gasteiger partial charge in [0.2, 0.25) is 5.91 Å². The first-order valence-electron chi connectivity index (χ1n) is 23.7. The molecule has 6 N–H and O–H groups in total. The zero-order valence-corrected chi connectivity index (χ0v) is 36.0. The van der Waals surface area contributed by atoms with Gasteiger partial charge < -0.3 is 40.3 Å². The van der Waals surface area contributed by atoms with Gasteiger partial charge in [0.1, 0.15) is 24.4 Å². The van der Waals surface area contributed by atoms with Gasteiger partial charge in [-0.1, -0.05) is 213 Å². The molecule has 9 nitrogen and oxygen atoms in total. The fourth-order valence-corrected chi connectivity index (χ4v) is 7.87. The van der Waals surface area contributed by atoms with E-state index in [-0.39, 0.29) is 12.5 Å². The normalized spacial score (nSPS) is 21.2. The summed E-state index contributed by atoms with van der Waals surface area (Å²) in [4.78, 5) is 13.0. The van der Waals surface area contributed by atoms with Gasteiger partial charge in [-0.3, -0.25) is 4.79 Å². The van der Waals surface area contributed by atoms with E-state index in [1.165, 1.54) is 167 Å². The Hall–Kier alpha value is -0.810. The Balaban J connectivity index is 2.30. The van der Waals surface area contributed by atoms with Crippen LogP contribution in [-0.4, -0.2) is 87.5 Å². The molecule has 1 fully saturated rings. The number of hydrogen-bond acceptors (Lipinski definition) is 8. The van der Waals surface area contributed by atoms with Gasteiger partial charge in [-0.2, -0.15) is 0 Å². The van der Waals surface area contributed by atoms with E-state index in [1.54, 1.807) is 0 Å². The van der Waals surface area contributed by atoms with Gasteiger partial charge >= 0.3 is 0 Å². The minimum atomic E-state index is -1.55. The van der Waals surface area contributed by atoms with E-state index in [2.05, 4.69) is 19.2 Å². The van der Waals surface area contributed by atoms with Crippen molar-refractivity contribution in [3.8, 4) is 0 Å². The van der Waals surface area contributed by atoms with Crippen molar-refractivity contribution in [2.45, 2.75) is 275 Å². The summed E-state index contributed by atoms with van der Waals surface area (Å²) in [5.74, 6) is -0.140. The molecule has 328 valence electrons. The third kappa shape index (κ3) is 28.3. The van der Waals surface area contributed by atoms with Crippen LogP contribution in [0.1, 0.15) is 232 Å². The molecule has 0 aromatic rings. The highest BCUT2D eigenvalue weighted by atomic mass is 16.7. The van der Waals surface area contributed by atoms with Crippen LogP contribution in [-0.2, 0) is 14.3 Å². The number of aliphatic hydroxyl groups excluding tert-OH is 5. The molecule has 0 aromatic carbocycles. The maximum atomic E-state index is 13.0. The van der Waals surface area contributed by atoms with Crippen LogP contribution in [0.3, 0.4) is 0 Å². The van der Waals surface area contributed by atoms with Crippen LogP contribution in [0, 0.1) is 0 Å². The number of carbonyl (C=O) groups excluding carboxylic acids is 1. The molecule has 7 atom stereocenters. The molecule has 1 rings (SSSR count). The Morgan fingerprint density at radius 1 is 0.545 bits per heavy atom. The number of carbonyl (C=O) groups is 1. The van der Waals surface area contributed by atoms with Gasteiger partial charge in [0.15, 0.2) is 6.29 Å². The molecule has 0 bridgehead atoms. The van der Waals surface area contributed by atoms with Crippen LogP contribution in [0.5, 0.6) is 0 Å². The van der Waals surface area contributed by atoms with Crippen molar-refractivity contribution < 1.29 is 39.8 Å². The second-order valence-corrected chi connectivity index (χ2v) is 16.9. The molecule has 1 aliphatic heterocycles. The Labute approximate surface area is 338 Å². The standard InChI is InChI=1S/C46H91NO8/c1-3-5-7-9-11-13-15-17-19-20-22-24-26-28-30-32-34-36-42(50)47-39(38-54-46-45(53)44(52)43(51)41(37-48)55-46)40(49)35-33-31-29-27-25-23-21-18-16-14-12-10-8-6-4-2/h39-41,43-46,48-49,51-53H,3-38H2,1-2H3,(H,47,50)/t39-,40+,41-,43-,44?,45?,46-/m0/s1. The lowest BCUT2D eigenvalue weighted by Gasteiger charge is -2.40. The topological polar surface area (TPSA) is 149 Å². The molecule has 1 saturated heterocycles. The van der Waals surface area contributed by atoms with E-state index < -0.39 is 49.5 Å². The summed E-state index contributed by atoms with van der Waals surface area (Å²) in [5, 5.41) is 54.4. The summed E-state index contributed by atoms with van der Waals surface area (Å²) < 4.78 is 11.3. The van der Waals surface area contributed by atoms with Crippen LogP contribution < -0.4 is 5.32 Å². The monoisotopic (exact) mass is 786 g/mol. The molecule has 0 aliphatic carbocycles. The molecule has 0 spiro atoms. The highest BCUT2D eigenvalue weighted by Gasteiger charge is 2.44. The fraction of sp³-hybridized carbons (Fsp3) is 0.978. The third-order valence-electron chi connectivity index (χ3n) is 11.7. The Morgan fingerprint density at radius 3 is 1.29 bits per heavy atom. The van der Waals surface area contributed by atoms with E-state index >= 15 is 0 Å². The van der Waals surface area contributed by atoms with Gasteiger partial charge in [0.05, 0.1) is 25.4 Å². The first-order chi connectivity index (χ1) is 26.8. The summed E-state index contributed by atoms with van der Waals surface area (Å²) in [5.41, 5.74) is 0. The number of amides is 1. The highest BCUT2D eigenvalue weighted by Crippen LogP contribution is 2.23. The number of rotatable bonds is 40. The minimum Gasteiger partial charge on any atom is -0.394 e. The first kappa shape index (κ1) is 52.2. The molecular formula is C46H91NO8. The van der Waals surface area contributed by atoms with Crippen LogP contribution in [0.4, 0.5) is 0 Å². The average molecular weight is 786 g/mol. The van der Waals surface area contributed by atoms with E-state index in [1.807, 2.05) is 0 Å². The Kier molecular flexibility index (Phi) is 35.6. The fourth-order valence-electron chi connectivity index (χ4n) is 7.87. The van der Waals surface area contributed by atoms with Crippen molar-refractivity contribution >= 4 is 5.91 Å². The zero-order valence-electron chi connectivity index (χ0n) is 36.0. The van der Waals surface area contributed by atoms with E-state index in [0.717, 1.165) is 38.5 Å². The lowest BCUT2D eigenvalue weighted by atomic mass is 9.99. The summed E-state index contributed by atoms with van der Waals surface area (Å²) in [6.07, 6.45) is 33.9. The van der Waals surface area contributed by atoms with Crippen LogP contribution in [0.25, 0.3) is 0 Å². The maximum absolute atomic E-state index is 13.0. The molecule has 9 heteroatoms. The molecule has 0 saturated carbocycles. The van der Waals surface area contributed by atoms with Gasteiger partial charge in [-0.25, -0.2) is 0 Å². The lowest BCUT2D eigenvalue weighted by molar-refractivity contribution is -0.302. The van der Waals surface area contributed by atoms with Gasteiger partial charge in [-0.15, -0.1) is 0 Å². The zero-order chi connectivity index (χ0) is 40.2. The SMILES string of the molecule is CCCCCCCCCCCCCCCCCCCC(=O)N[C@@H](CO[C@H]1O[C@@H](CO)[C@H](O)C(O)C1O)[C@H](O)CCCCCCCCCCCCCCCCC. The minimum absolute atomic E-state index is 0.132. The van der Waals surface area contributed by atoms with E-state index in [9.17, 15) is 30.3 Å². The van der Waals surface area contributed by atoms with Crippen molar-refractivity contribution in [3.05, 3.63) is 0 Å². The molecule has 1 heterocycles. The molecular weight excluding hydrogens is 695 g/mol. The maximum Gasteiger partial charge on any atom is 0.220 e.